The van der Waals surface area contributed by atoms with Gasteiger partial charge in [-0.05, 0) is 55.5 Å². The van der Waals surface area contributed by atoms with E-state index in [1.165, 1.54) is 12.1 Å². The van der Waals surface area contributed by atoms with Crippen molar-refractivity contribution in [1.29, 1.82) is 0 Å². The van der Waals surface area contributed by atoms with Crippen molar-refractivity contribution in [1.82, 2.24) is 9.97 Å². The lowest BCUT2D eigenvalue weighted by Crippen LogP contribution is -2.04. The minimum absolute atomic E-state index is 0.550. The van der Waals surface area contributed by atoms with Gasteiger partial charge in [0, 0.05) is 34.2 Å². The summed E-state index contributed by atoms with van der Waals surface area (Å²) in [7, 11) is 0. The summed E-state index contributed by atoms with van der Waals surface area (Å²) in [6, 6.07) is 16.0. The Kier molecular flexibility index (Phi) is 4.88. The molecule has 2 aromatic carbocycles. The Balaban J connectivity index is 1.69. The van der Waals surface area contributed by atoms with Gasteiger partial charge in [0.15, 0.2) is 0 Å². The first kappa shape index (κ1) is 19.2. The van der Waals surface area contributed by atoms with Crippen LogP contribution in [0.2, 0.25) is 5.02 Å². The monoisotopic (exact) mass is 413 g/mol. The summed E-state index contributed by atoms with van der Waals surface area (Å²) in [6.07, 6.45) is -2.72. The molecule has 0 radical (unpaired) electrons. The highest BCUT2D eigenvalue weighted by Gasteiger charge is 2.29. The first-order chi connectivity index (χ1) is 13.8. The van der Waals surface area contributed by atoms with Crippen molar-refractivity contribution in [3.63, 3.8) is 0 Å². The fourth-order valence-corrected chi connectivity index (χ4v) is 3.26. The molecule has 0 spiro atoms. The number of benzene rings is 2. The highest BCUT2D eigenvalue weighted by atomic mass is 35.5. The van der Waals surface area contributed by atoms with Gasteiger partial charge in [0.2, 0.25) is 0 Å². The van der Waals surface area contributed by atoms with E-state index in [0.29, 0.717) is 16.4 Å². The van der Waals surface area contributed by atoms with Crippen LogP contribution in [0.15, 0.2) is 66.9 Å². The lowest BCUT2D eigenvalue weighted by Gasteiger charge is -2.12. The molecule has 2 aromatic heterocycles. The lowest BCUT2D eigenvalue weighted by molar-refractivity contribution is -0.137. The van der Waals surface area contributed by atoms with Gasteiger partial charge < -0.3 is 5.32 Å². The fraction of sp³-hybridized carbons (Fsp3) is 0.0909. The van der Waals surface area contributed by atoms with Crippen molar-refractivity contribution in [2.45, 2.75) is 13.1 Å². The zero-order valence-corrected chi connectivity index (χ0v) is 16.0. The second-order valence-corrected chi connectivity index (χ2v) is 6.98. The van der Waals surface area contributed by atoms with E-state index in [4.69, 9.17) is 11.6 Å². The molecule has 4 aromatic rings. The molecule has 0 aliphatic carbocycles. The van der Waals surface area contributed by atoms with Gasteiger partial charge in [-0.15, -0.1) is 0 Å². The van der Waals surface area contributed by atoms with Crippen molar-refractivity contribution in [2.24, 2.45) is 0 Å². The van der Waals surface area contributed by atoms with E-state index in [-0.39, 0.29) is 0 Å². The molecule has 0 aliphatic rings. The first-order valence-corrected chi connectivity index (χ1v) is 9.16. The number of rotatable bonds is 3. The fourth-order valence-electron chi connectivity index (χ4n) is 3.04. The summed E-state index contributed by atoms with van der Waals surface area (Å²) in [4.78, 5) is 8.91. The molecule has 146 valence electrons. The minimum atomic E-state index is -4.36. The molecule has 0 bridgehead atoms. The first-order valence-electron chi connectivity index (χ1n) is 8.78. The van der Waals surface area contributed by atoms with E-state index in [2.05, 4.69) is 15.3 Å². The van der Waals surface area contributed by atoms with Crippen LogP contribution in [0.3, 0.4) is 0 Å². The minimum Gasteiger partial charge on any atom is -0.355 e. The number of hydrogen-bond donors (Lipinski definition) is 1. The number of aryl methyl sites for hydroxylation is 1. The second kappa shape index (κ2) is 7.37. The largest absolute Gasteiger partial charge is 0.416 e. The molecule has 7 heteroatoms. The predicted octanol–water partition coefficient (Wildman–Crippen LogP) is 7.02. The number of anilines is 2. The number of nitrogens with zero attached hydrogens (tertiary/aromatic N) is 2. The third-order valence-corrected chi connectivity index (χ3v) is 4.80. The molecular weight excluding hydrogens is 399 g/mol. The zero-order chi connectivity index (χ0) is 20.6. The summed E-state index contributed by atoms with van der Waals surface area (Å²) < 4.78 is 38.2. The molecule has 4 rings (SSSR count). The molecule has 0 saturated carbocycles. The maximum atomic E-state index is 12.7. The van der Waals surface area contributed by atoms with Crippen LogP contribution in [-0.4, -0.2) is 9.97 Å². The van der Waals surface area contributed by atoms with Gasteiger partial charge in [-0.2, -0.15) is 13.2 Å². The Hall–Kier alpha value is -3.12. The van der Waals surface area contributed by atoms with Gasteiger partial charge in [-0.3, -0.25) is 9.97 Å². The Bertz CT molecular complexity index is 1190. The molecule has 2 heterocycles. The summed E-state index contributed by atoms with van der Waals surface area (Å²) in [5, 5.41) is 4.54. The molecule has 3 nitrogen and oxygen atoms in total. The van der Waals surface area contributed by atoms with Crippen LogP contribution >= 0.6 is 11.6 Å². The van der Waals surface area contributed by atoms with Crippen LogP contribution in [0.25, 0.3) is 22.2 Å². The molecular formula is C22H15ClF3N3. The maximum absolute atomic E-state index is 12.7. The quantitative estimate of drug-likeness (QED) is 0.392. The van der Waals surface area contributed by atoms with Crippen LogP contribution in [0.1, 0.15) is 11.3 Å². The van der Waals surface area contributed by atoms with E-state index in [0.717, 1.165) is 40.0 Å². The van der Waals surface area contributed by atoms with Gasteiger partial charge in [-0.1, -0.05) is 23.7 Å². The molecule has 0 fully saturated rings. The lowest BCUT2D eigenvalue weighted by atomic mass is 10.1. The Morgan fingerprint density at radius 1 is 0.931 bits per heavy atom. The normalized spacial score (nSPS) is 11.6. The number of aromatic nitrogens is 2. The van der Waals surface area contributed by atoms with Gasteiger partial charge in [0.05, 0.1) is 21.8 Å². The average molecular weight is 414 g/mol. The highest BCUT2D eigenvalue weighted by molar-refractivity contribution is 6.33. The summed E-state index contributed by atoms with van der Waals surface area (Å²) in [5.41, 5.74) is 3.70. The van der Waals surface area contributed by atoms with E-state index in [1.54, 1.807) is 18.3 Å². The van der Waals surface area contributed by atoms with Crippen LogP contribution in [0, 0.1) is 6.92 Å². The van der Waals surface area contributed by atoms with E-state index in [1.807, 2.05) is 31.2 Å². The van der Waals surface area contributed by atoms with E-state index in [9.17, 15) is 13.2 Å². The summed E-state index contributed by atoms with van der Waals surface area (Å²) >= 11 is 6.29. The third kappa shape index (κ3) is 4.03. The topological polar surface area (TPSA) is 37.8 Å². The molecule has 0 unspecified atom stereocenters. The SMILES string of the molecule is Cc1ccc(Cl)c(-c2ccc3c(Nc4ccc(C(F)(F)F)cc4)ccnc3c2)n1. The predicted molar refractivity (Wildman–Crippen MR) is 109 cm³/mol. The number of halogens is 4. The Morgan fingerprint density at radius 2 is 1.69 bits per heavy atom. The number of alkyl halides is 3. The van der Waals surface area contributed by atoms with Crippen molar-refractivity contribution in [2.75, 3.05) is 5.32 Å². The smallest absolute Gasteiger partial charge is 0.355 e. The highest BCUT2D eigenvalue weighted by Crippen LogP contribution is 2.33. The Morgan fingerprint density at radius 3 is 2.41 bits per heavy atom. The molecule has 0 atom stereocenters. The standard InChI is InChI=1S/C22H15ClF3N3/c1-13-2-9-18(23)21(28-13)14-3-8-17-19(10-11-27-20(17)12-14)29-16-6-4-15(5-7-16)22(24,25)26/h2-12H,1H3,(H,27,29). The van der Waals surface area contributed by atoms with Crippen molar-refractivity contribution in [3.05, 3.63) is 83.1 Å². The number of pyridine rings is 2. The summed E-state index contributed by atoms with van der Waals surface area (Å²) in [5.74, 6) is 0. The average Bonchev–Trinajstić information content (AvgIpc) is 2.69. The molecule has 0 amide bonds. The number of nitrogens with one attached hydrogen (secondary N) is 1. The zero-order valence-electron chi connectivity index (χ0n) is 15.3. The number of hydrogen-bond acceptors (Lipinski definition) is 3. The van der Waals surface area contributed by atoms with E-state index < -0.39 is 11.7 Å². The van der Waals surface area contributed by atoms with Crippen molar-refractivity contribution in [3.8, 4) is 11.3 Å². The summed E-state index contributed by atoms with van der Waals surface area (Å²) in [6.45, 7) is 1.89. The molecule has 29 heavy (non-hydrogen) atoms. The van der Waals surface area contributed by atoms with Gasteiger partial charge in [0.1, 0.15) is 0 Å². The van der Waals surface area contributed by atoms with Crippen molar-refractivity contribution < 1.29 is 13.2 Å². The maximum Gasteiger partial charge on any atom is 0.416 e. The van der Waals surface area contributed by atoms with Gasteiger partial charge in [0.25, 0.3) is 0 Å². The van der Waals surface area contributed by atoms with Gasteiger partial charge >= 0.3 is 6.18 Å². The molecule has 0 saturated heterocycles. The molecule has 1 N–H and O–H groups in total. The van der Waals surface area contributed by atoms with Gasteiger partial charge in [-0.25, -0.2) is 0 Å². The van der Waals surface area contributed by atoms with Crippen LogP contribution < -0.4 is 5.32 Å². The van der Waals surface area contributed by atoms with Crippen LogP contribution in [0.4, 0.5) is 24.5 Å². The third-order valence-electron chi connectivity index (χ3n) is 4.49. The number of fused-ring (bicyclic) bond motifs is 1. The van der Waals surface area contributed by atoms with E-state index >= 15 is 0 Å². The second-order valence-electron chi connectivity index (χ2n) is 6.57. The van der Waals surface area contributed by atoms with Crippen molar-refractivity contribution >= 4 is 33.9 Å². The van der Waals surface area contributed by atoms with Crippen LogP contribution in [-0.2, 0) is 6.18 Å². The van der Waals surface area contributed by atoms with Crippen LogP contribution in [0.5, 0.6) is 0 Å². The Labute approximate surface area is 170 Å². The molecule has 0 aliphatic heterocycles.